The molecule has 0 aliphatic heterocycles. The van der Waals surface area contributed by atoms with E-state index < -0.39 is 0 Å². The number of halogens is 2. The van der Waals surface area contributed by atoms with Crippen LogP contribution in [0.25, 0.3) is 21.8 Å². The number of nitrogens with zero attached hydrogens (tertiary/aromatic N) is 1. The Labute approximate surface area is 163 Å². The van der Waals surface area contributed by atoms with E-state index in [1.165, 1.54) is 5.56 Å². The van der Waals surface area contributed by atoms with Gasteiger partial charge in [0.1, 0.15) is 5.75 Å². The topological polar surface area (TPSA) is 34.1 Å². The standard InChI is InChI=1S/C21H17ClN2O.ClH/c1-25-16-8-10-19-18(12-16)21(23-13-14-5-3-2-4-6-14)17-9-7-15(22)11-20(17)24-19;/h2-12H,13H2,1H3,(H,23,24);1H. The summed E-state index contributed by atoms with van der Waals surface area (Å²) in [6.07, 6.45) is 0. The predicted octanol–water partition coefficient (Wildman–Crippen LogP) is 6.08. The van der Waals surface area contributed by atoms with Gasteiger partial charge in [0.25, 0.3) is 0 Å². The van der Waals surface area contributed by atoms with E-state index in [1.807, 2.05) is 54.6 Å². The van der Waals surface area contributed by atoms with Crippen LogP contribution in [0.1, 0.15) is 5.56 Å². The molecule has 0 fully saturated rings. The fourth-order valence-corrected chi connectivity index (χ4v) is 3.17. The van der Waals surface area contributed by atoms with Crippen LogP contribution in [0.2, 0.25) is 5.02 Å². The van der Waals surface area contributed by atoms with Gasteiger partial charge in [-0.05, 0) is 42.0 Å². The Morgan fingerprint density at radius 2 is 1.73 bits per heavy atom. The highest BCUT2D eigenvalue weighted by atomic mass is 35.5. The maximum Gasteiger partial charge on any atom is 0.119 e. The van der Waals surface area contributed by atoms with Crippen LogP contribution in [0.5, 0.6) is 5.75 Å². The maximum absolute atomic E-state index is 6.16. The van der Waals surface area contributed by atoms with Crippen LogP contribution in [0.15, 0.2) is 66.7 Å². The van der Waals surface area contributed by atoms with E-state index in [-0.39, 0.29) is 12.4 Å². The third-order valence-electron chi connectivity index (χ3n) is 4.26. The van der Waals surface area contributed by atoms with Crippen molar-refractivity contribution in [2.24, 2.45) is 0 Å². The van der Waals surface area contributed by atoms with Crippen LogP contribution < -0.4 is 10.1 Å². The molecule has 1 aromatic heterocycles. The third-order valence-corrected chi connectivity index (χ3v) is 4.49. The minimum absolute atomic E-state index is 0. The molecule has 0 amide bonds. The van der Waals surface area contributed by atoms with E-state index in [4.69, 9.17) is 21.3 Å². The molecule has 0 radical (unpaired) electrons. The van der Waals surface area contributed by atoms with Crippen LogP contribution in [-0.4, -0.2) is 12.1 Å². The molecule has 0 aliphatic rings. The smallest absolute Gasteiger partial charge is 0.119 e. The SMILES string of the molecule is COc1ccc2nc3cc(Cl)ccc3c(NCc3ccccc3)c2c1.Cl. The molecule has 1 N–H and O–H groups in total. The van der Waals surface area contributed by atoms with Gasteiger partial charge in [0.2, 0.25) is 0 Å². The number of hydrogen-bond acceptors (Lipinski definition) is 3. The number of ether oxygens (including phenoxy) is 1. The first-order chi connectivity index (χ1) is 12.2. The number of rotatable bonds is 4. The summed E-state index contributed by atoms with van der Waals surface area (Å²) < 4.78 is 5.39. The van der Waals surface area contributed by atoms with E-state index in [1.54, 1.807) is 7.11 Å². The second-order valence-electron chi connectivity index (χ2n) is 5.87. The lowest BCUT2D eigenvalue weighted by atomic mass is 10.1. The molecule has 3 nitrogen and oxygen atoms in total. The average molecular weight is 385 g/mol. The van der Waals surface area contributed by atoms with Crippen molar-refractivity contribution in [3.8, 4) is 5.75 Å². The molecule has 4 rings (SSSR count). The molecule has 4 aromatic rings. The molecule has 0 saturated heterocycles. The van der Waals surface area contributed by atoms with E-state index in [9.17, 15) is 0 Å². The van der Waals surface area contributed by atoms with E-state index >= 15 is 0 Å². The van der Waals surface area contributed by atoms with Gasteiger partial charge in [-0.2, -0.15) is 0 Å². The maximum atomic E-state index is 6.16. The Balaban J connectivity index is 0.00000196. The molecule has 3 aromatic carbocycles. The second kappa shape index (κ2) is 7.81. The summed E-state index contributed by atoms with van der Waals surface area (Å²) in [5.74, 6) is 0.811. The summed E-state index contributed by atoms with van der Waals surface area (Å²) in [4.78, 5) is 4.75. The summed E-state index contributed by atoms with van der Waals surface area (Å²) in [5, 5.41) is 6.34. The summed E-state index contributed by atoms with van der Waals surface area (Å²) in [5.41, 5.74) is 4.05. The predicted molar refractivity (Wildman–Crippen MR) is 112 cm³/mol. The molecule has 5 heteroatoms. The number of benzene rings is 3. The number of pyridine rings is 1. The van der Waals surface area contributed by atoms with Crippen molar-refractivity contribution in [1.82, 2.24) is 4.98 Å². The van der Waals surface area contributed by atoms with Crippen LogP contribution >= 0.6 is 24.0 Å². The zero-order valence-corrected chi connectivity index (χ0v) is 15.8. The molecule has 1 heterocycles. The van der Waals surface area contributed by atoms with Crippen molar-refractivity contribution >= 4 is 51.5 Å². The summed E-state index contributed by atoms with van der Waals surface area (Å²) in [7, 11) is 1.67. The Morgan fingerprint density at radius 1 is 0.923 bits per heavy atom. The minimum atomic E-state index is 0. The lowest BCUT2D eigenvalue weighted by Gasteiger charge is -2.14. The highest BCUT2D eigenvalue weighted by Crippen LogP contribution is 2.34. The van der Waals surface area contributed by atoms with E-state index in [2.05, 4.69) is 17.4 Å². The first-order valence-corrected chi connectivity index (χ1v) is 8.47. The fraction of sp³-hybridized carbons (Fsp3) is 0.0952. The van der Waals surface area contributed by atoms with Crippen molar-refractivity contribution < 1.29 is 4.74 Å². The Morgan fingerprint density at radius 3 is 2.50 bits per heavy atom. The van der Waals surface area contributed by atoms with E-state index in [0.717, 1.165) is 39.8 Å². The summed E-state index contributed by atoms with van der Waals surface area (Å²) in [6, 6.07) is 22.0. The van der Waals surface area contributed by atoms with Gasteiger partial charge in [-0.15, -0.1) is 12.4 Å². The van der Waals surface area contributed by atoms with Crippen molar-refractivity contribution in [2.75, 3.05) is 12.4 Å². The molecule has 0 aliphatic carbocycles. The van der Waals surface area contributed by atoms with Gasteiger partial charge in [0.15, 0.2) is 0 Å². The molecular weight excluding hydrogens is 367 g/mol. The van der Waals surface area contributed by atoms with Crippen molar-refractivity contribution in [3.63, 3.8) is 0 Å². The lowest BCUT2D eigenvalue weighted by molar-refractivity contribution is 0.415. The first kappa shape index (κ1) is 18.3. The zero-order chi connectivity index (χ0) is 17.2. The first-order valence-electron chi connectivity index (χ1n) is 8.09. The van der Waals surface area contributed by atoms with Crippen LogP contribution in [0.3, 0.4) is 0 Å². The molecule has 0 saturated carbocycles. The van der Waals surface area contributed by atoms with Gasteiger partial charge in [0, 0.05) is 22.3 Å². The number of anilines is 1. The van der Waals surface area contributed by atoms with Crippen LogP contribution in [0.4, 0.5) is 5.69 Å². The molecule has 0 bridgehead atoms. The number of methoxy groups -OCH3 is 1. The van der Waals surface area contributed by atoms with Gasteiger partial charge >= 0.3 is 0 Å². The molecular formula is C21H18Cl2N2O. The molecule has 26 heavy (non-hydrogen) atoms. The number of aromatic nitrogens is 1. The molecule has 0 spiro atoms. The van der Waals surface area contributed by atoms with Crippen molar-refractivity contribution in [3.05, 3.63) is 77.3 Å². The Bertz CT molecular complexity index is 1050. The summed E-state index contributed by atoms with van der Waals surface area (Å²) >= 11 is 6.16. The van der Waals surface area contributed by atoms with Crippen molar-refractivity contribution in [1.29, 1.82) is 0 Å². The van der Waals surface area contributed by atoms with Crippen LogP contribution in [-0.2, 0) is 6.54 Å². The van der Waals surface area contributed by atoms with Crippen molar-refractivity contribution in [2.45, 2.75) is 6.54 Å². The molecule has 0 atom stereocenters. The van der Waals surface area contributed by atoms with Gasteiger partial charge in [-0.1, -0.05) is 41.9 Å². The molecule has 0 unspecified atom stereocenters. The largest absolute Gasteiger partial charge is 0.497 e. The number of hydrogen-bond donors (Lipinski definition) is 1. The van der Waals surface area contributed by atoms with Gasteiger partial charge in [0.05, 0.1) is 23.8 Å². The second-order valence-corrected chi connectivity index (χ2v) is 6.31. The summed E-state index contributed by atoms with van der Waals surface area (Å²) in [6.45, 7) is 0.731. The Hall–Kier alpha value is -2.49. The zero-order valence-electron chi connectivity index (χ0n) is 14.2. The van der Waals surface area contributed by atoms with E-state index in [0.29, 0.717) is 5.02 Å². The van der Waals surface area contributed by atoms with Gasteiger partial charge in [-0.25, -0.2) is 4.98 Å². The third kappa shape index (κ3) is 3.55. The lowest BCUT2D eigenvalue weighted by Crippen LogP contribution is -2.02. The van der Waals surface area contributed by atoms with Gasteiger partial charge < -0.3 is 10.1 Å². The fourth-order valence-electron chi connectivity index (χ4n) is 3.00. The van der Waals surface area contributed by atoms with Crippen LogP contribution in [0, 0.1) is 0 Å². The number of fused-ring (bicyclic) bond motifs is 2. The normalized spacial score (nSPS) is 10.5. The highest BCUT2D eigenvalue weighted by Gasteiger charge is 2.11. The average Bonchev–Trinajstić information content (AvgIpc) is 2.65. The quantitative estimate of drug-likeness (QED) is 0.432. The van der Waals surface area contributed by atoms with Gasteiger partial charge in [-0.3, -0.25) is 0 Å². The number of nitrogens with one attached hydrogen (secondary N) is 1. The molecule has 132 valence electrons. The highest BCUT2D eigenvalue weighted by molar-refractivity contribution is 6.31. The Kier molecular flexibility index (Phi) is 5.50. The minimum Gasteiger partial charge on any atom is -0.497 e. The monoisotopic (exact) mass is 384 g/mol.